The first-order valence-corrected chi connectivity index (χ1v) is 26.7. The second-order valence-electron chi connectivity index (χ2n) is 17.0. The first-order valence-electron chi connectivity index (χ1n) is 26.7. The highest BCUT2D eigenvalue weighted by atomic mass is 16.6. The Morgan fingerprint density at radius 1 is 0.348 bits per heavy atom. The van der Waals surface area contributed by atoms with Gasteiger partial charge in [0.15, 0.2) is 6.10 Å². The molecule has 5 nitrogen and oxygen atoms in total. The lowest BCUT2D eigenvalue weighted by molar-refractivity contribution is -0.162. The van der Waals surface area contributed by atoms with Crippen LogP contribution in [0.1, 0.15) is 213 Å². The lowest BCUT2D eigenvalue weighted by Gasteiger charge is -2.18. The van der Waals surface area contributed by atoms with E-state index in [0.29, 0.717) is 19.4 Å². The summed E-state index contributed by atoms with van der Waals surface area (Å²) in [5.74, 6) is -0.598. The van der Waals surface area contributed by atoms with Crippen LogP contribution >= 0.6 is 0 Å². The average Bonchev–Trinajstić information content (AvgIpc) is 3.32. The molecule has 0 aliphatic rings. The number of esters is 2. The number of carbonyl (C=O) groups is 2. The zero-order valence-corrected chi connectivity index (χ0v) is 42.7. The Hall–Kier alpha value is -3.96. The van der Waals surface area contributed by atoms with E-state index in [0.717, 1.165) is 77.0 Å². The highest BCUT2D eigenvalue weighted by Crippen LogP contribution is 2.12. The minimum atomic E-state index is -0.616. The number of carbonyl (C=O) groups excluding carboxylic acids is 2. The van der Waals surface area contributed by atoms with Gasteiger partial charge in [-0.25, -0.2) is 0 Å². The van der Waals surface area contributed by atoms with Crippen molar-refractivity contribution in [2.75, 3.05) is 19.8 Å². The molecule has 0 N–H and O–H groups in total. The SMILES string of the molecule is CC/C=C\C/C=C\C/C=C\C/C=C\C/C=C\C/C=C\CCC(=O)OCC(COCCCCCCCCCC/C=C\CCCCCCCC)OC(=O)CC/C=C\C/C=C\C/C=C\C/C=C\CC. The molecule has 0 aliphatic heterocycles. The Balaban J connectivity index is 4.47. The maximum atomic E-state index is 12.8. The van der Waals surface area contributed by atoms with E-state index in [2.05, 4.69) is 142 Å². The summed E-state index contributed by atoms with van der Waals surface area (Å²) in [4.78, 5) is 25.4. The lowest BCUT2D eigenvalue weighted by atomic mass is 10.1. The van der Waals surface area contributed by atoms with Crippen molar-refractivity contribution < 1.29 is 23.8 Å². The Labute approximate surface area is 407 Å². The molecule has 5 heteroatoms. The quantitative estimate of drug-likeness (QED) is 0.0346. The summed E-state index contributed by atoms with van der Waals surface area (Å²) in [7, 11) is 0. The number of ether oxygens (including phenoxy) is 3. The molecule has 0 radical (unpaired) electrons. The highest BCUT2D eigenvalue weighted by Gasteiger charge is 2.17. The van der Waals surface area contributed by atoms with Crippen molar-refractivity contribution in [1.82, 2.24) is 0 Å². The van der Waals surface area contributed by atoms with Gasteiger partial charge in [-0.15, -0.1) is 0 Å². The van der Waals surface area contributed by atoms with E-state index in [-0.39, 0.29) is 38.0 Å². The van der Waals surface area contributed by atoms with Crippen LogP contribution in [-0.2, 0) is 23.8 Å². The molecule has 372 valence electrons. The molecular weight excluding hydrogens is 813 g/mol. The van der Waals surface area contributed by atoms with E-state index in [9.17, 15) is 9.59 Å². The Kier molecular flexibility index (Phi) is 52.0. The third kappa shape index (κ3) is 52.7. The monoisotopic (exact) mass is 911 g/mol. The van der Waals surface area contributed by atoms with Crippen molar-refractivity contribution in [1.29, 1.82) is 0 Å². The second-order valence-corrected chi connectivity index (χ2v) is 17.0. The number of hydrogen-bond donors (Lipinski definition) is 0. The summed E-state index contributed by atoms with van der Waals surface area (Å²) in [5, 5.41) is 0. The first-order chi connectivity index (χ1) is 32.6. The molecule has 0 fully saturated rings. The second kappa shape index (κ2) is 55.4. The molecule has 1 atom stereocenters. The van der Waals surface area contributed by atoms with Crippen LogP contribution in [0.5, 0.6) is 0 Å². The van der Waals surface area contributed by atoms with Gasteiger partial charge in [0.25, 0.3) is 0 Å². The van der Waals surface area contributed by atoms with Gasteiger partial charge < -0.3 is 14.2 Å². The van der Waals surface area contributed by atoms with Crippen molar-refractivity contribution in [2.24, 2.45) is 0 Å². The van der Waals surface area contributed by atoms with Gasteiger partial charge in [-0.05, 0) is 109 Å². The standard InChI is InChI=1S/C61H98O5/c1-4-7-10-13-16-19-22-25-27-29-31-32-34-37-39-42-45-48-51-54-60(62)65-58-59(66-61(63)55-52-49-46-43-40-36-24-21-18-15-12-9-6-3)57-64-56-53-50-47-44-41-38-35-33-30-28-26-23-20-17-14-11-8-5-2/h7,9-10,12,16,18-19,21,25-28,31-32,36-37,39-40,45-46,48-49,59H,4-6,8,11,13-15,17,20,22-24,29-30,33-35,38,41-44,47,50-58H2,1-3H3/b10-7-,12-9-,19-16-,21-18-,27-25-,28-26-,32-31-,39-37-,40-36-,48-45-,49-46-. The van der Waals surface area contributed by atoms with Gasteiger partial charge in [-0.2, -0.15) is 0 Å². The Bertz CT molecular complexity index is 1400. The molecule has 1 unspecified atom stereocenters. The molecule has 0 aromatic carbocycles. The highest BCUT2D eigenvalue weighted by molar-refractivity contribution is 5.70. The van der Waals surface area contributed by atoms with Crippen LogP contribution in [0.2, 0.25) is 0 Å². The van der Waals surface area contributed by atoms with Crippen molar-refractivity contribution in [3.05, 3.63) is 134 Å². The van der Waals surface area contributed by atoms with Crippen molar-refractivity contribution in [3.8, 4) is 0 Å². The fraction of sp³-hybridized carbons (Fsp3) is 0.607. The smallest absolute Gasteiger partial charge is 0.306 e. The molecule has 0 amide bonds. The molecule has 0 saturated heterocycles. The molecule has 0 aliphatic carbocycles. The average molecular weight is 911 g/mol. The minimum Gasteiger partial charge on any atom is -0.462 e. The van der Waals surface area contributed by atoms with E-state index in [1.54, 1.807) is 0 Å². The van der Waals surface area contributed by atoms with E-state index < -0.39 is 6.10 Å². The van der Waals surface area contributed by atoms with Gasteiger partial charge in [0.05, 0.1) is 6.61 Å². The summed E-state index contributed by atoms with van der Waals surface area (Å²) in [6, 6.07) is 0. The topological polar surface area (TPSA) is 61.8 Å². The van der Waals surface area contributed by atoms with Crippen molar-refractivity contribution >= 4 is 11.9 Å². The Morgan fingerprint density at radius 2 is 0.682 bits per heavy atom. The predicted octanol–water partition coefficient (Wildman–Crippen LogP) is 18.3. The lowest BCUT2D eigenvalue weighted by Crippen LogP contribution is -2.30. The molecule has 0 bridgehead atoms. The summed E-state index contributed by atoms with van der Waals surface area (Å²) in [6.07, 6.45) is 79.2. The maximum absolute atomic E-state index is 12.8. The van der Waals surface area contributed by atoms with Crippen LogP contribution in [0.25, 0.3) is 0 Å². The van der Waals surface area contributed by atoms with Gasteiger partial charge in [-0.3, -0.25) is 9.59 Å². The first kappa shape index (κ1) is 62.0. The predicted molar refractivity (Wildman–Crippen MR) is 288 cm³/mol. The fourth-order valence-corrected chi connectivity index (χ4v) is 6.78. The van der Waals surface area contributed by atoms with Crippen molar-refractivity contribution in [3.63, 3.8) is 0 Å². The normalized spacial score (nSPS) is 13.3. The third-order valence-corrected chi connectivity index (χ3v) is 10.7. The number of rotatable bonds is 47. The van der Waals surface area contributed by atoms with Crippen LogP contribution in [0.3, 0.4) is 0 Å². The van der Waals surface area contributed by atoms with E-state index >= 15 is 0 Å². The van der Waals surface area contributed by atoms with Crippen LogP contribution in [-0.4, -0.2) is 37.9 Å². The summed E-state index contributed by atoms with van der Waals surface area (Å²) >= 11 is 0. The van der Waals surface area contributed by atoms with E-state index in [1.165, 1.54) is 89.9 Å². The zero-order valence-electron chi connectivity index (χ0n) is 42.7. The van der Waals surface area contributed by atoms with Crippen LogP contribution in [0, 0.1) is 0 Å². The summed E-state index contributed by atoms with van der Waals surface area (Å²) < 4.78 is 17.3. The molecule has 0 aromatic rings. The maximum Gasteiger partial charge on any atom is 0.306 e. The van der Waals surface area contributed by atoms with Gasteiger partial charge >= 0.3 is 11.9 Å². The van der Waals surface area contributed by atoms with Crippen molar-refractivity contribution in [2.45, 2.75) is 219 Å². The fourth-order valence-electron chi connectivity index (χ4n) is 6.78. The molecule has 0 saturated carbocycles. The van der Waals surface area contributed by atoms with Gasteiger partial charge in [0.1, 0.15) is 6.61 Å². The summed E-state index contributed by atoms with van der Waals surface area (Å²) in [6.45, 7) is 7.41. The molecule has 66 heavy (non-hydrogen) atoms. The molecule has 0 aromatic heterocycles. The molecular formula is C61H98O5. The van der Waals surface area contributed by atoms with Crippen LogP contribution in [0.15, 0.2) is 134 Å². The number of unbranched alkanes of at least 4 members (excludes halogenated alkanes) is 14. The molecule has 0 rings (SSSR count). The molecule has 0 heterocycles. The van der Waals surface area contributed by atoms with Crippen LogP contribution in [0.4, 0.5) is 0 Å². The number of hydrogen-bond acceptors (Lipinski definition) is 5. The Morgan fingerprint density at radius 3 is 1.09 bits per heavy atom. The van der Waals surface area contributed by atoms with Crippen LogP contribution < -0.4 is 0 Å². The third-order valence-electron chi connectivity index (χ3n) is 10.7. The zero-order chi connectivity index (χ0) is 47.7. The minimum absolute atomic E-state index is 0.00715. The van der Waals surface area contributed by atoms with Gasteiger partial charge in [0.2, 0.25) is 0 Å². The largest absolute Gasteiger partial charge is 0.462 e. The van der Waals surface area contributed by atoms with E-state index in [4.69, 9.17) is 14.2 Å². The molecule has 0 spiro atoms. The van der Waals surface area contributed by atoms with E-state index in [1.807, 2.05) is 12.2 Å². The van der Waals surface area contributed by atoms with Gasteiger partial charge in [0, 0.05) is 19.4 Å². The number of allylic oxidation sites excluding steroid dienone is 22. The summed E-state index contributed by atoms with van der Waals surface area (Å²) in [5.41, 5.74) is 0. The van der Waals surface area contributed by atoms with Gasteiger partial charge in [-0.1, -0.05) is 225 Å².